The van der Waals surface area contributed by atoms with E-state index in [0.717, 1.165) is 16.8 Å². The zero-order valence-electron chi connectivity index (χ0n) is 22.5. The van der Waals surface area contributed by atoms with Crippen LogP contribution in [-0.2, 0) is 9.47 Å². The number of nitrogens with zero attached hydrogens (tertiary/aromatic N) is 2. The van der Waals surface area contributed by atoms with Gasteiger partial charge >= 0.3 is 12.1 Å². The van der Waals surface area contributed by atoms with E-state index in [0.29, 0.717) is 28.2 Å². The van der Waals surface area contributed by atoms with E-state index in [1.54, 1.807) is 57.2 Å². The summed E-state index contributed by atoms with van der Waals surface area (Å²) < 4.78 is 27.9. The van der Waals surface area contributed by atoms with Crippen LogP contribution >= 0.6 is 0 Å². The van der Waals surface area contributed by atoms with E-state index in [1.807, 2.05) is 0 Å². The van der Waals surface area contributed by atoms with Crippen molar-refractivity contribution in [2.75, 3.05) is 46.6 Å². The van der Waals surface area contributed by atoms with E-state index in [2.05, 4.69) is 0 Å². The van der Waals surface area contributed by atoms with Gasteiger partial charge in [-0.1, -0.05) is 18.2 Å². The molecule has 1 amide bonds. The van der Waals surface area contributed by atoms with Gasteiger partial charge in [0.15, 0.2) is 17.2 Å². The van der Waals surface area contributed by atoms with Gasteiger partial charge in [0.25, 0.3) is 5.56 Å². The SMILES string of the molecule is COC(=O)c1c(-c2cc(OC)c(OC)c(OC)c2)c2ccccc2c(=O)n1N(CCO)C(=O)OC(C)(C)C. The van der Waals surface area contributed by atoms with Gasteiger partial charge in [0.1, 0.15) is 5.60 Å². The molecule has 0 saturated carbocycles. The maximum atomic E-state index is 13.8. The van der Waals surface area contributed by atoms with Crippen LogP contribution in [-0.4, -0.2) is 69.0 Å². The van der Waals surface area contributed by atoms with Gasteiger partial charge in [-0.15, -0.1) is 0 Å². The molecular formula is C27H32N2O9. The fourth-order valence-electron chi connectivity index (χ4n) is 4.05. The van der Waals surface area contributed by atoms with Crippen LogP contribution < -0.4 is 24.8 Å². The molecule has 0 aliphatic carbocycles. The molecule has 0 spiro atoms. The molecule has 1 aromatic heterocycles. The van der Waals surface area contributed by atoms with Gasteiger partial charge in [-0.05, 0) is 49.9 Å². The maximum Gasteiger partial charge on any atom is 0.429 e. The molecule has 0 fully saturated rings. The van der Waals surface area contributed by atoms with Crippen molar-refractivity contribution in [3.8, 4) is 28.4 Å². The Morgan fingerprint density at radius 2 is 1.53 bits per heavy atom. The van der Waals surface area contributed by atoms with Gasteiger partial charge in [-0.2, -0.15) is 0 Å². The Balaban J connectivity index is 2.55. The topological polar surface area (TPSA) is 126 Å². The zero-order valence-corrected chi connectivity index (χ0v) is 22.5. The van der Waals surface area contributed by atoms with Crippen molar-refractivity contribution in [1.29, 1.82) is 0 Å². The fourth-order valence-corrected chi connectivity index (χ4v) is 4.05. The maximum absolute atomic E-state index is 13.8. The fraction of sp³-hybridized carbons (Fsp3) is 0.370. The molecule has 0 bridgehead atoms. The molecule has 0 unspecified atom stereocenters. The van der Waals surface area contributed by atoms with Crippen LogP contribution in [0.2, 0.25) is 0 Å². The number of aliphatic hydroxyl groups is 1. The molecule has 3 aromatic rings. The van der Waals surface area contributed by atoms with Crippen molar-refractivity contribution >= 4 is 22.8 Å². The van der Waals surface area contributed by atoms with Gasteiger partial charge in [-0.3, -0.25) is 4.79 Å². The van der Waals surface area contributed by atoms with Crippen molar-refractivity contribution < 1.29 is 38.4 Å². The summed E-state index contributed by atoms with van der Waals surface area (Å²) in [7, 11) is 5.53. The number of pyridine rings is 1. The molecule has 1 heterocycles. The number of benzene rings is 2. The van der Waals surface area contributed by atoms with E-state index < -0.39 is 29.8 Å². The lowest BCUT2D eigenvalue weighted by atomic mass is 9.96. The van der Waals surface area contributed by atoms with Crippen LogP contribution in [0, 0.1) is 0 Å². The molecule has 1 N–H and O–H groups in total. The minimum atomic E-state index is -0.940. The van der Waals surface area contributed by atoms with Crippen molar-refractivity contribution in [2.45, 2.75) is 26.4 Å². The first kappa shape index (κ1) is 28.3. The lowest BCUT2D eigenvalue weighted by Crippen LogP contribution is -2.52. The summed E-state index contributed by atoms with van der Waals surface area (Å²) in [5, 5.41) is 11.3. The number of hydrogen-bond donors (Lipinski definition) is 1. The van der Waals surface area contributed by atoms with E-state index in [-0.39, 0.29) is 23.2 Å². The van der Waals surface area contributed by atoms with Crippen molar-refractivity contribution in [3.05, 3.63) is 52.4 Å². The first-order chi connectivity index (χ1) is 18.0. The first-order valence-electron chi connectivity index (χ1n) is 11.7. The third-order valence-electron chi connectivity index (χ3n) is 5.56. The summed E-state index contributed by atoms with van der Waals surface area (Å²) in [4.78, 5) is 40.5. The quantitative estimate of drug-likeness (QED) is 0.438. The number of aliphatic hydroxyl groups excluding tert-OH is 1. The van der Waals surface area contributed by atoms with E-state index in [9.17, 15) is 19.5 Å². The van der Waals surface area contributed by atoms with Gasteiger partial charge < -0.3 is 28.8 Å². The minimum Gasteiger partial charge on any atom is -0.493 e. The Hall–Kier alpha value is -4.25. The molecule has 0 atom stereocenters. The number of esters is 1. The van der Waals surface area contributed by atoms with Crippen LogP contribution in [0.25, 0.3) is 21.9 Å². The lowest BCUT2D eigenvalue weighted by Gasteiger charge is -2.30. The molecule has 2 aromatic carbocycles. The number of amides is 1. The van der Waals surface area contributed by atoms with Crippen molar-refractivity contribution in [1.82, 2.24) is 4.68 Å². The normalized spacial score (nSPS) is 11.2. The largest absolute Gasteiger partial charge is 0.493 e. The number of methoxy groups -OCH3 is 4. The third kappa shape index (κ3) is 5.37. The Morgan fingerprint density at radius 3 is 2.00 bits per heavy atom. The van der Waals surface area contributed by atoms with E-state index in [4.69, 9.17) is 23.7 Å². The molecule has 0 aliphatic heterocycles. The highest BCUT2D eigenvalue weighted by atomic mass is 16.6. The summed E-state index contributed by atoms with van der Waals surface area (Å²) in [6.07, 6.45) is -0.940. The highest BCUT2D eigenvalue weighted by molar-refractivity contribution is 6.07. The molecule has 0 saturated heterocycles. The third-order valence-corrected chi connectivity index (χ3v) is 5.56. The summed E-state index contributed by atoms with van der Waals surface area (Å²) in [6, 6.07) is 9.87. The predicted octanol–water partition coefficient (Wildman–Crippen LogP) is 3.35. The molecule has 0 radical (unpaired) electrons. The predicted molar refractivity (Wildman–Crippen MR) is 141 cm³/mol. The number of ether oxygens (including phenoxy) is 5. The standard InChI is InChI=1S/C27H32N2O9/c1-27(2,3)38-26(33)28(12-13-30)29-22(25(32)37-7)21(17-10-8-9-11-18(17)24(29)31)16-14-19(34-4)23(36-6)20(15-16)35-5/h8-11,14-15,30H,12-13H2,1-7H3. The molecule has 3 rings (SSSR count). The number of fused-ring (bicyclic) bond motifs is 1. The zero-order chi connectivity index (χ0) is 28.2. The summed E-state index contributed by atoms with van der Waals surface area (Å²) in [5.41, 5.74) is -1.19. The average Bonchev–Trinajstić information content (AvgIpc) is 2.89. The number of carbonyl (C=O) groups excluding carboxylic acids is 2. The highest BCUT2D eigenvalue weighted by Gasteiger charge is 2.32. The number of hydrogen-bond acceptors (Lipinski definition) is 9. The van der Waals surface area contributed by atoms with Crippen LogP contribution in [0.1, 0.15) is 31.3 Å². The second-order valence-electron chi connectivity index (χ2n) is 9.12. The van der Waals surface area contributed by atoms with Crippen LogP contribution in [0.3, 0.4) is 0 Å². The average molecular weight is 529 g/mol. The molecule has 38 heavy (non-hydrogen) atoms. The second kappa shape index (κ2) is 11.4. The Bertz CT molecular complexity index is 1380. The van der Waals surface area contributed by atoms with Crippen LogP contribution in [0.4, 0.5) is 4.79 Å². The molecule has 204 valence electrons. The lowest BCUT2D eigenvalue weighted by molar-refractivity contribution is 0.0513. The molecule has 11 heteroatoms. The number of carbonyl (C=O) groups is 2. The van der Waals surface area contributed by atoms with E-state index in [1.165, 1.54) is 21.3 Å². The summed E-state index contributed by atoms with van der Waals surface area (Å²) >= 11 is 0. The summed E-state index contributed by atoms with van der Waals surface area (Å²) in [6.45, 7) is 4.12. The van der Waals surface area contributed by atoms with Gasteiger partial charge in [0, 0.05) is 10.9 Å². The monoisotopic (exact) mass is 528 g/mol. The smallest absolute Gasteiger partial charge is 0.429 e. The van der Waals surface area contributed by atoms with Crippen LogP contribution in [0.15, 0.2) is 41.2 Å². The Kier molecular flexibility index (Phi) is 8.52. The van der Waals surface area contributed by atoms with Crippen molar-refractivity contribution in [2.24, 2.45) is 0 Å². The number of rotatable bonds is 8. The first-order valence-corrected chi connectivity index (χ1v) is 11.7. The molecule has 0 aliphatic rings. The molecule has 11 nitrogen and oxygen atoms in total. The number of aromatic nitrogens is 1. The molecular weight excluding hydrogens is 496 g/mol. The van der Waals surface area contributed by atoms with Gasteiger partial charge in [-0.25, -0.2) is 19.3 Å². The Morgan fingerprint density at radius 1 is 0.947 bits per heavy atom. The van der Waals surface area contributed by atoms with Crippen molar-refractivity contribution in [3.63, 3.8) is 0 Å². The highest BCUT2D eigenvalue weighted by Crippen LogP contribution is 2.43. The summed E-state index contributed by atoms with van der Waals surface area (Å²) in [5.74, 6) is 0.0347. The minimum absolute atomic E-state index is 0.204. The van der Waals surface area contributed by atoms with Gasteiger partial charge in [0.05, 0.1) is 41.6 Å². The van der Waals surface area contributed by atoms with Crippen LogP contribution in [0.5, 0.6) is 17.2 Å². The van der Waals surface area contributed by atoms with Gasteiger partial charge in [0.2, 0.25) is 5.75 Å². The van der Waals surface area contributed by atoms with E-state index >= 15 is 0 Å². The Labute approximate surface area is 220 Å². The second-order valence-corrected chi connectivity index (χ2v) is 9.12.